The summed E-state index contributed by atoms with van der Waals surface area (Å²) in [6.45, 7) is 5.37. The van der Waals surface area contributed by atoms with Crippen LogP contribution >= 0.6 is 0 Å². The van der Waals surface area contributed by atoms with Crippen molar-refractivity contribution in [1.29, 1.82) is 0 Å². The number of hydrogen-bond donors (Lipinski definition) is 2. The zero-order valence-electron chi connectivity index (χ0n) is 23.9. The number of aromatic hydroxyl groups is 1. The van der Waals surface area contributed by atoms with Gasteiger partial charge in [0.05, 0.1) is 24.3 Å². The molecule has 216 valence electrons. The van der Waals surface area contributed by atoms with Crippen LogP contribution in [0.3, 0.4) is 0 Å². The lowest BCUT2D eigenvalue weighted by atomic mass is 10.0. The van der Waals surface area contributed by atoms with Gasteiger partial charge in [0.25, 0.3) is 0 Å². The lowest BCUT2D eigenvalue weighted by molar-refractivity contribution is 0.0522. The highest BCUT2D eigenvalue weighted by Crippen LogP contribution is 2.36. The number of nitrogens with one attached hydrogen (secondary N) is 1. The SMILES string of the molecule is COc1cc2nc(-c3ccc(-c4ccccc4)c(F)c3)nc(Nc3ccc4c(cnn4C(=O)OC(C)(C)C)c3)c2cc1O. The molecule has 0 amide bonds. The van der Waals surface area contributed by atoms with Crippen LogP contribution < -0.4 is 10.1 Å². The predicted molar refractivity (Wildman–Crippen MR) is 163 cm³/mol. The number of rotatable bonds is 5. The number of ether oxygens (including phenoxy) is 2. The number of phenols is 1. The molecule has 6 aromatic rings. The summed E-state index contributed by atoms with van der Waals surface area (Å²) in [6, 6.07) is 22.6. The number of hydrogen-bond acceptors (Lipinski definition) is 8. The molecule has 9 nitrogen and oxygen atoms in total. The molecule has 0 fully saturated rings. The van der Waals surface area contributed by atoms with Gasteiger partial charge in [0.2, 0.25) is 0 Å². The van der Waals surface area contributed by atoms with Gasteiger partial charge in [0, 0.05) is 33.7 Å². The van der Waals surface area contributed by atoms with Gasteiger partial charge < -0.3 is 19.9 Å². The van der Waals surface area contributed by atoms with E-state index in [1.807, 2.05) is 36.4 Å². The molecule has 0 unspecified atom stereocenters. The van der Waals surface area contributed by atoms with Crippen molar-refractivity contribution >= 4 is 39.4 Å². The monoisotopic (exact) mass is 577 g/mol. The summed E-state index contributed by atoms with van der Waals surface area (Å²) in [4.78, 5) is 22.0. The number of carbonyl (C=O) groups is 1. The average Bonchev–Trinajstić information content (AvgIpc) is 3.40. The second kappa shape index (κ2) is 10.7. The van der Waals surface area contributed by atoms with Crippen molar-refractivity contribution in [2.24, 2.45) is 0 Å². The van der Waals surface area contributed by atoms with Crippen molar-refractivity contribution in [3.05, 3.63) is 90.9 Å². The van der Waals surface area contributed by atoms with Gasteiger partial charge >= 0.3 is 6.09 Å². The first-order valence-corrected chi connectivity index (χ1v) is 13.5. The van der Waals surface area contributed by atoms with E-state index >= 15 is 4.39 Å². The Hall–Kier alpha value is -5.51. The molecule has 0 aliphatic carbocycles. The number of aromatic nitrogens is 4. The van der Waals surface area contributed by atoms with E-state index in [4.69, 9.17) is 14.5 Å². The molecule has 0 spiro atoms. The van der Waals surface area contributed by atoms with Gasteiger partial charge in [-0.15, -0.1) is 0 Å². The minimum absolute atomic E-state index is 0.0817. The summed E-state index contributed by atoms with van der Waals surface area (Å²) in [5.74, 6) is 0.411. The van der Waals surface area contributed by atoms with Crippen LogP contribution in [0.1, 0.15) is 20.8 Å². The van der Waals surface area contributed by atoms with E-state index in [2.05, 4.69) is 15.4 Å². The minimum Gasteiger partial charge on any atom is -0.504 e. The number of phenolic OH excluding ortho intramolecular Hbond substituents is 1. The summed E-state index contributed by atoms with van der Waals surface area (Å²) >= 11 is 0. The summed E-state index contributed by atoms with van der Waals surface area (Å²) in [7, 11) is 1.45. The Labute approximate surface area is 246 Å². The minimum atomic E-state index is -0.665. The van der Waals surface area contributed by atoms with Gasteiger partial charge in [0.15, 0.2) is 17.3 Å². The average molecular weight is 578 g/mol. The maximum absolute atomic E-state index is 15.3. The second-order valence-electron chi connectivity index (χ2n) is 10.9. The van der Waals surface area contributed by atoms with Crippen molar-refractivity contribution in [3.8, 4) is 34.0 Å². The molecule has 0 saturated carbocycles. The van der Waals surface area contributed by atoms with E-state index < -0.39 is 17.5 Å². The van der Waals surface area contributed by atoms with Gasteiger partial charge in [-0.05, 0) is 56.7 Å². The smallest absolute Gasteiger partial charge is 0.435 e. The number of halogens is 1. The Morgan fingerprint density at radius 1 is 0.953 bits per heavy atom. The fraction of sp³-hybridized carbons (Fsp3) is 0.152. The van der Waals surface area contributed by atoms with Gasteiger partial charge in [-0.25, -0.2) is 19.2 Å². The Morgan fingerprint density at radius 2 is 1.74 bits per heavy atom. The van der Waals surface area contributed by atoms with Crippen molar-refractivity contribution in [2.45, 2.75) is 26.4 Å². The number of nitrogens with zero attached hydrogens (tertiary/aromatic N) is 4. The first-order valence-electron chi connectivity index (χ1n) is 13.5. The molecule has 43 heavy (non-hydrogen) atoms. The molecule has 10 heteroatoms. The highest BCUT2D eigenvalue weighted by atomic mass is 19.1. The van der Waals surface area contributed by atoms with E-state index in [-0.39, 0.29) is 17.3 Å². The summed E-state index contributed by atoms with van der Waals surface area (Å²) < 4.78 is 27.3. The third-order valence-electron chi connectivity index (χ3n) is 6.71. The first kappa shape index (κ1) is 27.6. The molecule has 0 aliphatic heterocycles. The Balaban J connectivity index is 1.41. The zero-order chi connectivity index (χ0) is 30.3. The van der Waals surface area contributed by atoms with E-state index in [9.17, 15) is 9.90 Å². The van der Waals surface area contributed by atoms with E-state index in [1.165, 1.54) is 23.9 Å². The maximum atomic E-state index is 15.3. The van der Waals surface area contributed by atoms with Crippen molar-refractivity contribution in [2.75, 3.05) is 12.4 Å². The largest absolute Gasteiger partial charge is 0.504 e. The molecule has 0 atom stereocenters. The summed E-state index contributed by atoms with van der Waals surface area (Å²) in [5.41, 5.74) is 2.74. The van der Waals surface area contributed by atoms with Crippen LogP contribution in [0.5, 0.6) is 11.5 Å². The number of methoxy groups -OCH3 is 1. The van der Waals surface area contributed by atoms with E-state index in [0.29, 0.717) is 44.4 Å². The van der Waals surface area contributed by atoms with Gasteiger partial charge in [0.1, 0.15) is 17.2 Å². The van der Waals surface area contributed by atoms with Crippen molar-refractivity contribution in [3.63, 3.8) is 0 Å². The molecular weight excluding hydrogens is 549 g/mol. The van der Waals surface area contributed by atoms with Crippen LogP contribution in [0.4, 0.5) is 20.7 Å². The molecule has 6 rings (SSSR count). The van der Waals surface area contributed by atoms with Crippen LogP contribution in [0.2, 0.25) is 0 Å². The lowest BCUT2D eigenvalue weighted by Gasteiger charge is -2.19. The maximum Gasteiger partial charge on any atom is 0.435 e. The molecule has 2 N–H and O–H groups in total. The Morgan fingerprint density at radius 3 is 2.47 bits per heavy atom. The molecular formula is C33H28FN5O4. The summed E-state index contributed by atoms with van der Waals surface area (Å²) in [5, 5.41) is 19.2. The Bertz CT molecular complexity index is 2000. The molecule has 0 bridgehead atoms. The highest BCUT2D eigenvalue weighted by Gasteiger charge is 2.21. The topological polar surface area (TPSA) is 111 Å². The van der Waals surface area contributed by atoms with Crippen molar-refractivity contribution < 1.29 is 23.8 Å². The van der Waals surface area contributed by atoms with Crippen LogP contribution in [-0.2, 0) is 4.74 Å². The Kier molecular flexibility index (Phi) is 6.89. The van der Waals surface area contributed by atoms with Gasteiger partial charge in [-0.3, -0.25) is 0 Å². The van der Waals surface area contributed by atoms with Crippen LogP contribution in [0.15, 0.2) is 85.1 Å². The normalized spacial score (nSPS) is 11.6. The standard InChI is InChI=1S/C33H28FN5O4/c1-33(2,3)43-32(41)39-27-13-11-22(14-21(27)18-35-39)36-31-24-16-28(40)29(42-4)17-26(24)37-30(38-31)20-10-12-23(25(34)15-20)19-8-6-5-7-9-19/h5-18,40H,1-4H3,(H,36,37,38). The zero-order valence-corrected chi connectivity index (χ0v) is 23.9. The fourth-order valence-corrected chi connectivity index (χ4v) is 4.74. The third-order valence-corrected chi connectivity index (χ3v) is 6.71. The third kappa shape index (κ3) is 5.54. The van der Waals surface area contributed by atoms with E-state index in [1.54, 1.807) is 57.3 Å². The summed E-state index contributed by atoms with van der Waals surface area (Å²) in [6.07, 6.45) is 0.992. The van der Waals surface area contributed by atoms with Crippen LogP contribution in [-0.4, -0.2) is 43.7 Å². The molecule has 0 radical (unpaired) electrons. The molecule has 2 aromatic heterocycles. The van der Waals surface area contributed by atoms with E-state index in [0.717, 1.165) is 5.56 Å². The molecule has 2 heterocycles. The number of benzene rings is 4. The molecule has 0 aliphatic rings. The highest BCUT2D eigenvalue weighted by molar-refractivity contribution is 5.96. The number of anilines is 2. The molecule has 4 aromatic carbocycles. The quantitative estimate of drug-likeness (QED) is 0.214. The fourth-order valence-electron chi connectivity index (χ4n) is 4.74. The first-order chi connectivity index (χ1) is 20.6. The van der Waals surface area contributed by atoms with Crippen molar-refractivity contribution in [1.82, 2.24) is 19.7 Å². The van der Waals surface area contributed by atoms with Gasteiger partial charge in [-0.2, -0.15) is 9.78 Å². The second-order valence-corrected chi connectivity index (χ2v) is 10.9. The number of fused-ring (bicyclic) bond motifs is 2. The van der Waals surface area contributed by atoms with Crippen LogP contribution in [0.25, 0.3) is 44.3 Å². The van der Waals surface area contributed by atoms with Gasteiger partial charge in [-0.1, -0.05) is 42.5 Å². The molecule has 0 saturated heterocycles. The lowest BCUT2D eigenvalue weighted by Crippen LogP contribution is -2.27. The van der Waals surface area contributed by atoms with Crippen LogP contribution in [0, 0.1) is 5.82 Å². The predicted octanol–water partition coefficient (Wildman–Crippen LogP) is 7.69. The number of carbonyl (C=O) groups excluding carboxylic acids is 1.